The molecule has 0 fully saturated rings. The fraction of sp³-hybridized carbons (Fsp3) is 0.219. The maximum atomic E-state index is 12.7. The van der Waals surface area contributed by atoms with Gasteiger partial charge < -0.3 is 14.2 Å². The predicted octanol–water partition coefficient (Wildman–Crippen LogP) is 6.03. The van der Waals surface area contributed by atoms with Gasteiger partial charge in [0, 0.05) is 13.1 Å². The maximum Gasteiger partial charge on any atom is 0.320 e. The van der Waals surface area contributed by atoms with Crippen molar-refractivity contribution in [2.24, 2.45) is 0 Å². The van der Waals surface area contributed by atoms with Gasteiger partial charge in [-0.1, -0.05) is 103 Å². The topological polar surface area (TPSA) is 48.0 Å². The lowest BCUT2D eigenvalue weighted by atomic mass is 10.2. The van der Waals surface area contributed by atoms with Gasteiger partial charge in [0.15, 0.2) is 0 Å². The van der Waals surface area contributed by atoms with Crippen molar-refractivity contribution >= 4 is 5.97 Å². The lowest BCUT2D eigenvalue weighted by Crippen LogP contribution is -2.33. The summed E-state index contributed by atoms with van der Waals surface area (Å²) in [7, 11) is 0. The van der Waals surface area contributed by atoms with Crippen molar-refractivity contribution in [3.05, 3.63) is 138 Å². The molecule has 0 saturated heterocycles. The molecular formula is C32H33NO4. The van der Waals surface area contributed by atoms with E-state index in [0.717, 1.165) is 28.0 Å². The summed E-state index contributed by atoms with van der Waals surface area (Å²) in [6, 6.07) is 37.9. The zero-order valence-electron chi connectivity index (χ0n) is 21.0. The molecule has 0 unspecified atom stereocenters. The summed E-state index contributed by atoms with van der Waals surface area (Å²) in [6.07, 6.45) is 0. The van der Waals surface area contributed by atoms with Gasteiger partial charge in [-0.15, -0.1) is 0 Å². The molecule has 0 atom stereocenters. The SMILES string of the molecule is O=C(CN(CCOCc1ccccc1)Cc1cccc(OCc2ccccc2)c1)OCc1ccccc1. The van der Waals surface area contributed by atoms with Crippen LogP contribution in [0.3, 0.4) is 0 Å². The van der Waals surface area contributed by atoms with E-state index in [0.29, 0.717) is 32.9 Å². The number of carbonyl (C=O) groups excluding carboxylic acids is 1. The van der Waals surface area contributed by atoms with Crippen molar-refractivity contribution in [1.29, 1.82) is 0 Å². The Labute approximate surface area is 219 Å². The van der Waals surface area contributed by atoms with Crippen LogP contribution in [0.5, 0.6) is 5.75 Å². The first-order valence-electron chi connectivity index (χ1n) is 12.5. The van der Waals surface area contributed by atoms with E-state index in [4.69, 9.17) is 14.2 Å². The van der Waals surface area contributed by atoms with Crippen LogP contribution in [0.4, 0.5) is 0 Å². The summed E-state index contributed by atoms with van der Waals surface area (Å²) >= 11 is 0. The predicted molar refractivity (Wildman–Crippen MR) is 145 cm³/mol. The zero-order valence-corrected chi connectivity index (χ0v) is 21.0. The van der Waals surface area contributed by atoms with Crippen LogP contribution in [0.2, 0.25) is 0 Å². The van der Waals surface area contributed by atoms with E-state index in [1.807, 2.05) is 115 Å². The van der Waals surface area contributed by atoms with Gasteiger partial charge in [0.2, 0.25) is 0 Å². The van der Waals surface area contributed by atoms with Crippen LogP contribution in [-0.4, -0.2) is 30.6 Å². The highest BCUT2D eigenvalue weighted by Crippen LogP contribution is 2.17. The molecule has 0 aliphatic rings. The van der Waals surface area contributed by atoms with E-state index in [2.05, 4.69) is 4.90 Å². The average Bonchev–Trinajstić information content (AvgIpc) is 2.95. The molecule has 0 aromatic heterocycles. The van der Waals surface area contributed by atoms with Crippen LogP contribution in [-0.2, 0) is 40.6 Å². The average molecular weight is 496 g/mol. The molecule has 190 valence electrons. The molecule has 4 aromatic rings. The minimum Gasteiger partial charge on any atom is -0.489 e. The number of carbonyl (C=O) groups is 1. The third kappa shape index (κ3) is 9.56. The van der Waals surface area contributed by atoms with Gasteiger partial charge in [0.1, 0.15) is 19.0 Å². The molecule has 5 heteroatoms. The van der Waals surface area contributed by atoms with E-state index in [1.54, 1.807) is 0 Å². The van der Waals surface area contributed by atoms with Crippen LogP contribution in [0.15, 0.2) is 115 Å². The Morgan fingerprint density at radius 3 is 1.84 bits per heavy atom. The van der Waals surface area contributed by atoms with Gasteiger partial charge in [0.05, 0.1) is 19.8 Å². The van der Waals surface area contributed by atoms with Crippen molar-refractivity contribution in [3.63, 3.8) is 0 Å². The number of rotatable bonds is 14. The molecule has 0 radical (unpaired) electrons. The van der Waals surface area contributed by atoms with Gasteiger partial charge in [0.25, 0.3) is 0 Å². The minimum atomic E-state index is -0.261. The van der Waals surface area contributed by atoms with Gasteiger partial charge in [-0.2, -0.15) is 0 Å². The van der Waals surface area contributed by atoms with Crippen molar-refractivity contribution in [2.75, 3.05) is 19.7 Å². The summed E-state index contributed by atoms with van der Waals surface area (Å²) < 4.78 is 17.4. The van der Waals surface area contributed by atoms with Crippen LogP contribution in [0, 0.1) is 0 Å². The highest BCUT2D eigenvalue weighted by atomic mass is 16.5. The Kier molecular flexibility index (Phi) is 10.3. The third-order valence-electron chi connectivity index (χ3n) is 5.81. The molecule has 0 spiro atoms. The highest BCUT2D eigenvalue weighted by molar-refractivity contribution is 5.71. The molecule has 5 nitrogen and oxygen atoms in total. The minimum absolute atomic E-state index is 0.177. The molecular weight excluding hydrogens is 462 g/mol. The monoisotopic (exact) mass is 495 g/mol. The van der Waals surface area contributed by atoms with E-state index in [-0.39, 0.29) is 19.1 Å². The highest BCUT2D eigenvalue weighted by Gasteiger charge is 2.14. The Hall–Kier alpha value is -3.93. The summed E-state index contributed by atoms with van der Waals surface area (Å²) in [6.45, 7) is 3.17. The Balaban J connectivity index is 1.33. The molecule has 0 saturated carbocycles. The molecule has 0 aliphatic carbocycles. The molecule has 0 heterocycles. The lowest BCUT2D eigenvalue weighted by molar-refractivity contribution is -0.146. The number of ether oxygens (including phenoxy) is 3. The molecule has 4 aromatic carbocycles. The van der Waals surface area contributed by atoms with Gasteiger partial charge in [-0.25, -0.2) is 0 Å². The van der Waals surface area contributed by atoms with Crippen molar-refractivity contribution in [1.82, 2.24) is 4.90 Å². The smallest absolute Gasteiger partial charge is 0.320 e. The van der Waals surface area contributed by atoms with Crippen molar-refractivity contribution < 1.29 is 19.0 Å². The lowest BCUT2D eigenvalue weighted by Gasteiger charge is -2.22. The van der Waals surface area contributed by atoms with E-state index in [9.17, 15) is 4.79 Å². The van der Waals surface area contributed by atoms with Crippen LogP contribution >= 0.6 is 0 Å². The van der Waals surface area contributed by atoms with Gasteiger partial charge in [-0.05, 0) is 34.4 Å². The number of benzene rings is 4. The fourth-order valence-corrected chi connectivity index (χ4v) is 3.87. The van der Waals surface area contributed by atoms with Crippen LogP contribution < -0.4 is 4.74 Å². The standard InChI is InChI=1S/C32H33NO4/c34-32(37-26-29-15-8-3-9-16-29)23-33(19-20-35-24-27-11-4-1-5-12-27)22-30-17-10-18-31(21-30)36-25-28-13-6-2-7-14-28/h1-18,21H,19-20,22-26H2. The molecule has 0 aliphatic heterocycles. The molecule has 0 bridgehead atoms. The largest absolute Gasteiger partial charge is 0.489 e. The Bertz CT molecular complexity index is 1200. The maximum absolute atomic E-state index is 12.7. The van der Waals surface area contributed by atoms with E-state index in [1.165, 1.54) is 0 Å². The van der Waals surface area contributed by atoms with Crippen molar-refractivity contribution in [2.45, 2.75) is 26.4 Å². The van der Waals surface area contributed by atoms with Gasteiger partial charge >= 0.3 is 5.97 Å². The van der Waals surface area contributed by atoms with Gasteiger partial charge in [-0.3, -0.25) is 9.69 Å². The second-order valence-corrected chi connectivity index (χ2v) is 8.82. The molecule has 4 rings (SSSR count). The normalized spacial score (nSPS) is 10.8. The zero-order chi connectivity index (χ0) is 25.5. The third-order valence-corrected chi connectivity index (χ3v) is 5.81. The summed E-state index contributed by atoms with van der Waals surface area (Å²) in [4.78, 5) is 14.7. The fourth-order valence-electron chi connectivity index (χ4n) is 3.87. The van der Waals surface area contributed by atoms with Crippen molar-refractivity contribution in [3.8, 4) is 5.75 Å². The first kappa shape index (κ1) is 26.1. The Morgan fingerprint density at radius 2 is 1.19 bits per heavy atom. The molecule has 37 heavy (non-hydrogen) atoms. The first-order chi connectivity index (χ1) is 18.2. The second kappa shape index (κ2) is 14.6. The Morgan fingerprint density at radius 1 is 0.622 bits per heavy atom. The second-order valence-electron chi connectivity index (χ2n) is 8.82. The molecule has 0 N–H and O–H groups in total. The van der Waals surface area contributed by atoms with Crippen LogP contribution in [0.1, 0.15) is 22.3 Å². The quantitative estimate of drug-likeness (QED) is 0.158. The van der Waals surface area contributed by atoms with E-state index >= 15 is 0 Å². The number of esters is 1. The summed E-state index contributed by atoms with van der Waals surface area (Å²) in [5.41, 5.74) is 4.27. The number of nitrogens with zero attached hydrogens (tertiary/aromatic N) is 1. The van der Waals surface area contributed by atoms with Crippen LogP contribution in [0.25, 0.3) is 0 Å². The summed E-state index contributed by atoms with van der Waals surface area (Å²) in [5, 5.41) is 0. The number of hydrogen-bond donors (Lipinski definition) is 0. The van der Waals surface area contributed by atoms with E-state index < -0.39 is 0 Å². The molecule has 0 amide bonds. The first-order valence-corrected chi connectivity index (χ1v) is 12.5. The summed E-state index contributed by atoms with van der Waals surface area (Å²) in [5.74, 6) is 0.539. The number of hydrogen-bond acceptors (Lipinski definition) is 5.